The molecular weight excluding hydrogens is 232 g/mol. The lowest BCUT2D eigenvalue weighted by molar-refractivity contribution is -0.120. The fourth-order valence-corrected chi connectivity index (χ4v) is 1.52. The number of benzene rings is 1. The Balaban J connectivity index is 2.44. The molecule has 1 aromatic carbocycles. The van der Waals surface area contributed by atoms with E-state index in [1.165, 1.54) is 0 Å². The van der Waals surface area contributed by atoms with Gasteiger partial charge in [0.25, 0.3) is 0 Å². The summed E-state index contributed by atoms with van der Waals surface area (Å²) < 4.78 is 0. The molecule has 5 nitrogen and oxygen atoms in total. The van der Waals surface area contributed by atoms with Gasteiger partial charge in [-0.05, 0) is 18.1 Å². The molecule has 0 aliphatic heterocycles. The van der Waals surface area contributed by atoms with Crippen LogP contribution in [0.5, 0.6) is 0 Å². The largest absolute Gasteiger partial charge is 0.478 e. The third kappa shape index (κ3) is 4.55. The van der Waals surface area contributed by atoms with Crippen LogP contribution in [0.25, 0.3) is 0 Å². The molecule has 0 heterocycles. The molecule has 0 bridgehead atoms. The Morgan fingerprint density at radius 3 is 2.67 bits per heavy atom. The van der Waals surface area contributed by atoms with E-state index in [2.05, 4.69) is 10.6 Å². The second-order valence-electron chi connectivity index (χ2n) is 3.92. The van der Waals surface area contributed by atoms with E-state index in [0.29, 0.717) is 18.7 Å². The first-order chi connectivity index (χ1) is 8.65. The minimum atomic E-state index is -0.956. The van der Waals surface area contributed by atoms with Gasteiger partial charge in [-0.2, -0.15) is 0 Å². The second-order valence-corrected chi connectivity index (χ2v) is 3.92. The lowest BCUT2D eigenvalue weighted by Gasteiger charge is -2.08. The van der Waals surface area contributed by atoms with Crippen molar-refractivity contribution in [1.82, 2.24) is 10.6 Å². The lowest BCUT2D eigenvalue weighted by atomic mass is 10.1. The summed E-state index contributed by atoms with van der Waals surface area (Å²) in [6.07, 6.45) is 0.896. The standard InChI is InChI=1S/C13H18N2O3/c1-2-7-15-12(16)9-14-8-10-5-3-4-6-11(10)13(17)18/h3-6,14H,2,7-9H2,1H3,(H,15,16)(H,17,18). The van der Waals surface area contributed by atoms with E-state index in [1.54, 1.807) is 24.3 Å². The van der Waals surface area contributed by atoms with Crippen molar-refractivity contribution in [3.63, 3.8) is 0 Å². The molecule has 1 aromatic rings. The average Bonchev–Trinajstić information content (AvgIpc) is 2.36. The van der Waals surface area contributed by atoms with Crippen LogP contribution in [-0.2, 0) is 11.3 Å². The van der Waals surface area contributed by atoms with Crippen LogP contribution in [0.1, 0.15) is 29.3 Å². The summed E-state index contributed by atoms with van der Waals surface area (Å²) in [6, 6.07) is 6.75. The number of carboxylic acids is 1. The van der Waals surface area contributed by atoms with Gasteiger partial charge >= 0.3 is 5.97 Å². The van der Waals surface area contributed by atoms with Crippen LogP contribution >= 0.6 is 0 Å². The second kappa shape index (κ2) is 7.45. The Morgan fingerprint density at radius 2 is 2.00 bits per heavy atom. The molecule has 18 heavy (non-hydrogen) atoms. The van der Waals surface area contributed by atoms with Gasteiger partial charge in [0.2, 0.25) is 5.91 Å². The van der Waals surface area contributed by atoms with Gasteiger partial charge in [-0.15, -0.1) is 0 Å². The average molecular weight is 250 g/mol. The molecule has 0 atom stereocenters. The molecule has 0 saturated carbocycles. The number of hydrogen-bond donors (Lipinski definition) is 3. The van der Waals surface area contributed by atoms with Crippen LogP contribution < -0.4 is 10.6 Å². The highest BCUT2D eigenvalue weighted by Crippen LogP contribution is 2.07. The first-order valence-corrected chi connectivity index (χ1v) is 5.93. The molecule has 0 radical (unpaired) electrons. The minimum Gasteiger partial charge on any atom is -0.478 e. The maximum Gasteiger partial charge on any atom is 0.336 e. The van der Waals surface area contributed by atoms with Crippen LogP contribution in [0.2, 0.25) is 0 Å². The highest BCUT2D eigenvalue weighted by Gasteiger charge is 2.08. The number of hydrogen-bond acceptors (Lipinski definition) is 3. The van der Waals surface area contributed by atoms with Gasteiger partial charge in [0, 0.05) is 13.1 Å². The van der Waals surface area contributed by atoms with E-state index < -0.39 is 5.97 Å². The van der Waals surface area contributed by atoms with E-state index in [4.69, 9.17) is 5.11 Å². The van der Waals surface area contributed by atoms with E-state index in [9.17, 15) is 9.59 Å². The van der Waals surface area contributed by atoms with Gasteiger partial charge in [0.1, 0.15) is 0 Å². The van der Waals surface area contributed by atoms with Crippen molar-refractivity contribution in [1.29, 1.82) is 0 Å². The number of nitrogens with one attached hydrogen (secondary N) is 2. The molecule has 5 heteroatoms. The van der Waals surface area contributed by atoms with Crippen LogP contribution in [0.3, 0.4) is 0 Å². The number of amides is 1. The molecule has 1 rings (SSSR count). The van der Waals surface area contributed by atoms with Gasteiger partial charge in [-0.3, -0.25) is 4.79 Å². The quantitative estimate of drug-likeness (QED) is 0.674. The Hall–Kier alpha value is -1.88. The number of aromatic carboxylic acids is 1. The molecule has 0 unspecified atom stereocenters. The highest BCUT2D eigenvalue weighted by atomic mass is 16.4. The maximum atomic E-state index is 11.3. The lowest BCUT2D eigenvalue weighted by Crippen LogP contribution is -2.34. The topological polar surface area (TPSA) is 78.4 Å². The Kier molecular flexibility index (Phi) is 5.87. The summed E-state index contributed by atoms with van der Waals surface area (Å²) in [6.45, 7) is 3.19. The highest BCUT2D eigenvalue weighted by molar-refractivity contribution is 5.89. The van der Waals surface area contributed by atoms with Crippen molar-refractivity contribution in [2.24, 2.45) is 0 Å². The molecular formula is C13H18N2O3. The van der Waals surface area contributed by atoms with Crippen molar-refractivity contribution in [2.45, 2.75) is 19.9 Å². The van der Waals surface area contributed by atoms with Gasteiger partial charge in [0.05, 0.1) is 12.1 Å². The third-order valence-corrected chi connectivity index (χ3v) is 2.42. The van der Waals surface area contributed by atoms with Gasteiger partial charge in [0.15, 0.2) is 0 Å². The minimum absolute atomic E-state index is 0.0790. The predicted molar refractivity (Wildman–Crippen MR) is 68.4 cm³/mol. The first-order valence-electron chi connectivity index (χ1n) is 5.93. The van der Waals surface area contributed by atoms with E-state index in [0.717, 1.165) is 6.42 Å². The van der Waals surface area contributed by atoms with Crippen LogP contribution in [0.4, 0.5) is 0 Å². The number of carboxylic acid groups (broad SMARTS) is 1. The van der Waals surface area contributed by atoms with Crippen molar-refractivity contribution in [2.75, 3.05) is 13.1 Å². The molecule has 1 amide bonds. The molecule has 98 valence electrons. The Morgan fingerprint density at radius 1 is 1.28 bits per heavy atom. The van der Waals surface area contributed by atoms with Crippen molar-refractivity contribution < 1.29 is 14.7 Å². The van der Waals surface area contributed by atoms with Crippen LogP contribution in [-0.4, -0.2) is 30.1 Å². The van der Waals surface area contributed by atoms with E-state index >= 15 is 0 Å². The summed E-state index contributed by atoms with van der Waals surface area (Å²) in [5, 5.41) is 14.7. The fraction of sp³-hybridized carbons (Fsp3) is 0.385. The first kappa shape index (κ1) is 14.2. The van der Waals surface area contributed by atoms with E-state index in [-0.39, 0.29) is 18.0 Å². The normalized spacial score (nSPS) is 10.1. The monoisotopic (exact) mass is 250 g/mol. The molecule has 0 aromatic heterocycles. The summed E-state index contributed by atoms with van der Waals surface area (Å²) in [5.74, 6) is -1.03. The van der Waals surface area contributed by atoms with Crippen LogP contribution in [0.15, 0.2) is 24.3 Å². The summed E-state index contributed by atoms with van der Waals surface area (Å²) >= 11 is 0. The summed E-state index contributed by atoms with van der Waals surface area (Å²) in [7, 11) is 0. The Labute approximate surface area is 106 Å². The predicted octanol–water partition coefficient (Wildman–Crippen LogP) is 1.00. The summed E-state index contributed by atoms with van der Waals surface area (Å²) in [5.41, 5.74) is 0.937. The van der Waals surface area contributed by atoms with Crippen LogP contribution in [0, 0.1) is 0 Å². The molecule has 0 fully saturated rings. The molecule has 3 N–H and O–H groups in total. The number of carbonyl (C=O) groups is 2. The maximum absolute atomic E-state index is 11.3. The zero-order chi connectivity index (χ0) is 13.4. The summed E-state index contributed by atoms with van der Waals surface area (Å²) in [4.78, 5) is 22.3. The van der Waals surface area contributed by atoms with Crippen molar-refractivity contribution >= 4 is 11.9 Å². The third-order valence-electron chi connectivity index (χ3n) is 2.42. The molecule has 0 spiro atoms. The fourth-order valence-electron chi connectivity index (χ4n) is 1.52. The SMILES string of the molecule is CCCNC(=O)CNCc1ccccc1C(=O)O. The Bertz CT molecular complexity index is 418. The van der Waals surface area contributed by atoms with Gasteiger partial charge in [-0.1, -0.05) is 25.1 Å². The number of carbonyl (C=O) groups excluding carboxylic acids is 1. The van der Waals surface area contributed by atoms with Crippen molar-refractivity contribution in [3.05, 3.63) is 35.4 Å². The molecule has 0 aliphatic carbocycles. The number of rotatable bonds is 7. The van der Waals surface area contributed by atoms with Gasteiger partial charge < -0.3 is 15.7 Å². The van der Waals surface area contributed by atoms with Gasteiger partial charge in [-0.25, -0.2) is 4.79 Å². The zero-order valence-corrected chi connectivity index (χ0v) is 10.4. The smallest absolute Gasteiger partial charge is 0.336 e. The van der Waals surface area contributed by atoms with E-state index in [1.807, 2.05) is 6.92 Å². The molecule has 0 saturated heterocycles. The zero-order valence-electron chi connectivity index (χ0n) is 10.4. The van der Waals surface area contributed by atoms with Crippen molar-refractivity contribution in [3.8, 4) is 0 Å². The molecule has 0 aliphatic rings.